The Kier molecular flexibility index (Phi) is 4.03. The maximum absolute atomic E-state index is 10.9. The van der Waals surface area contributed by atoms with Gasteiger partial charge in [0.2, 0.25) is 5.75 Å². The zero-order valence-electron chi connectivity index (χ0n) is 11.2. The average Bonchev–Trinajstić information content (AvgIpc) is 2.47. The Balaban J connectivity index is 2.33. The van der Waals surface area contributed by atoms with Crippen LogP contribution in [-0.4, -0.2) is 16.0 Å². The molecule has 7 nitrogen and oxygen atoms in total. The van der Waals surface area contributed by atoms with Crippen molar-refractivity contribution in [1.82, 2.24) is 0 Å². The third kappa shape index (κ3) is 3.08. The summed E-state index contributed by atoms with van der Waals surface area (Å²) in [4.78, 5) is 10.4. The molecule has 0 aromatic heterocycles. The van der Waals surface area contributed by atoms with Crippen molar-refractivity contribution in [2.75, 3.05) is 0 Å². The third-order valence-electron chi connectivity index (χ3n) is 2.87. The smallest absolute Gasteiger partial charge is 0.311 e. The van der Waals surface area contributed by atoms with E-state index < -0.39 is 4.92 Å². The number of rotatable bonds is 4. The quantitative estimate of drug-likeness (QED) is 0.295. The van der Waals surface area contributed by atoms with Gasteiger partial charge in [-0.3, -0.25) is 10.1 Å². The van der Waals surface area contributed by atoms with Crippen molar-refractivity contribution in [3.63, 3.8) is 0 Å². The van der Waals surface area contributed by atoms with E-state index in [1.165, 1.54) is 12.1 Å². The number of ether oxygens (including phenoxy) is 1. The van der Waals surface area contributed by atoms with Gasteiger partial charge in [-0.2, -0.15) is 0 Å². The minimum absolute atomic E-state index is 0.00950. The number of aryl methyl sites for hydroxylation is 1. The average molecular weight is 287 g/mol. The minimum Gasteiger partial charge on any atom is -0.450 e. The molecule has 7 heteroatoms. The molecule has 0 aliphatic heterocycles. The van der Waals surface area contributed by atoms with Gasteiger partial charge in [-0.25, -0.2) is 0 Å². The van der Waals surface area contributed by atoms with Gasteiger partial charge in [0.05, 0.1) is 4.92 Å². The van der Waals surface area contributed by atoms with E-state index in [0.29, 0.717) is 11.3 Å². The Hall–Kier alpha value is -3.09. The number of hydrogen-bond donors (Lipinski definition) is 2. The van der Waals surface area contributed by atoms with Crippen molar-refractivity contribution in [3.05, 3.63) is 63.7 Å². The summed E-state index contributed by atoms with van der Waals surface area (Å²) in [6.45, 7) is 1.76. The van der Waals surface area contributed by atoms with E-state index in [1.807, 2.05) is 0 Å². The lowest BCUT2D eigenvalue weighted by Gasteiger charge is -2.09. The molecule has 0 aliphatic rings. The van der Waals surface area contributed by atoms with Crippen molar-refractivity contribution in [3.8, 4) is 11.5 Å². The molecule has 0 saturated carbocycles. The first-order valence-electron chi connectivity index (χ1n) is 6.02. The highest BCUT2D eigenvalue weighted by molar-refractivity contribution is 5.98. The summed E-state index contributed by atoms with van der Waals surface area (Å²) in [5.41, 5.74) is 6.70. The molecule has 0 heterocycles. The van der Waals surface area contributed by atoms with Gasteiger partial charge >= 0.3 is 5.69 Å². The van der Waals surface area contributed by atoms with Crippen LogP contribution >= 0.6 is 0 Å². The van der Waals surface area contributed by atoms with Crippen LogP contribution in [0.4, 0.5) is 5.69 Å². The minimum atomic E-state index is -0.507. The Morgan fingerprint density at radius 1 is 1.33 bits per heavy atom. The molecule has 0 radical (unpaired) electrons. The number of nitrogens with zero attached hydrogens (tertiary/aromatic N) is 2. The van der Waals surface area contributed by atoms with Crippen LogP contribution in [0.25, 0.3) is 0 Å². The fourth-order valence-electron chi connectivity index (χ4n) is 1.86. The summed E-state index contributed by atoms with van der Waals surface area (Å²) in [6.07, 6.45) is 0. The Labute approximate surface area is 120 Å². The number of nitrogens with two attached hydrogens (primary N) is 1. The van der Waals surface area contributed by atoms with Crippen molar-refractivity contribution >= 4 is 11.5 Å². The Morgan fingerprint density at radius 2 is 2.05 bits per heavy atom. The zero-order chi connectivity index (χ0) is 15.4. The predicted molar refractivity (Wildman–Crippen MR) is 76.9 cm³/mol. The van der Waals surface area contributed by atoms with E-state index >= 15 is 0 Å². The Bertz CT molecular complexity index is 713. The molecule has 2 aromatic rings. The largest absolute Gasteiger partial charge is 0.450 e. The van der Waals surface area contributed by atoms with E-state index in [0.717, 1.165) is 5.56 Å². The topological polar surface area (TPSA) is 111 Å². The van der Waals surface area contributed by atoms with Gasteiger partial charge in [0, 0.05) is 11.6 Å². The van der Waals surface area contributed by atoms with Gasteiger partial charge in [-0.15, -0.1) is 0 Å². The van der Waals surface area contributed by atoms with Gasteiger partial charge < -0.3 is 15.7 Å². The molecule has 0 bridgehead atoms. The monoisotopic (exact) mass is 287 g/mol. The highest BCUT2D eigenvalue weighted by atomic mass is 16.6. The molecule has 0 aliphatic carbocycles. The van der Waals surface area contributed by atoms with Crippen LogP contribution in [0.1, 0.15) is 11.1 Å². The molecule has 0 unspecified atom stereocenters. The van der Waals surface area contributed by atoms with Crippen LogP contribution in [0.2, 0.25) is 0 Å². The lowest BCUT2D eigenvalue weighted by molar-refractivity contribution is -0.385. The summed E-state index contributed by atoms with van der Waals surface area (Å²) < 4.78 is 5.54. The first-order valence-corrected chi connectivity index (χ1v) is 6.02. The van der Waals surface area contributed by atoms with Crippen LogP contribution in [0.3, 0.4) is 0 Å². The number of oxime groups is 1. The number of nitro benzene ring substituents is 1. The highest BCUT2D eigenvalue weighted by Crippen LogP contribution is 2.31. The van der Waals surface area contributed by atoms with Crippen molar-refractivity contribution in [1.29, 1.82) is 0 Å². The number of benzene rings is 2. The molecule has 0 amide bonds. The first-order chi connectivity index (χ1) is 10.0. The zero-order valence-corrected chi connectivity index (χ0v) is 11.2. The first kappa shape index (κ1) is 14.3. The second-order valence-corrected chi connectivity index (χ2v) is 4.29. The van der Waals surface area contributed by atoms with Crippen LogP contribution < -0.4 is 10.5 Å². The lowest BCUT2D eigenvalue weighted by atomic mass is 10.1. The molecular formula is C14H13N3O4. The second kappa shape index (κ2) is 5.91. The molecule has 3 N–H and O–H groups in total. The van der Waals surface area contributed by atoms with E-state index in [2.05, 4.69) is 5.16 Å². The van der Waals surface area contributed by atoms with Crippen LogP contribution in [-0.2, 0) is 0 Å². The summed E-state index contributed by atoms with van der Waals surface area (Å²) in [7, 11) is 0. The van der Waals surface area contributed by atoms with E-state index in [-0.39, 0.29) is 17.3 Å². The van der Waals surface area contributed by atoms with Gasteiger partial charge in [0.25, 0.3) is 0 Å². The number of nitro groups is 1. The number of para-hydroxylation sites is 2. The van der Waals surface area contributed by atoms with Crippen LogP contribution in [0, 0.1) is 17.0 Å². The lowest BCUT2D eigenvalue weighted by Crippen LogP contribution is -2.14. The summed E-state index contributed by atoms with van der Waals surface area (Å²) >= 11 is 0. The third-order valence-corrected chi connectivity index (χ3v) is 2.87. The summed E-state index contributed by atoms with van der Waals surface area (Å²) in [6, 6.07) is 11.0. The van der Waals surface area contributed by atoms with Gasteiger partial charge in [0.15, 0.2) is 5.84 Å². The molecule has 108 valence electrons. The molecule has 0 fully saturated rings. The van der Waals surface area contributed by atoms with Crippen molar-refractivity contribution in [2.45, 2.75) is 6.92 Å². The molecular weight excluding hydrogens is 274 g/mol. The van der Waals surface area contributed by atoms with Gasteiger partial charge in [-0.1, -0.05) is 17.3 Å². The molecule has 0 atom stereocenters. The maximum Gasteiger partial charge on any atom is 0.311 e. The summed E-state index contributed by atoms with van der Waals surface area (Å²) in [5.74, 6) is 0.569. The molecule has 0 spiro atoms. The standard InChI is InChI=1S/C14H13N3O4/c1-9-8-10(6-7-11(9)14(15)16-18)21-13-5-3-2-4-12(13)17(19)20/h2-8,18H,1H3,(H2,15,16). The van der Waals surface area contributed by atoms with Crippen LogP contribution in [0.5, 0.6) is 11.5 Å². The van der Waals surface area contributed by atoms with Crippen molar-refractivity contribution in [2.24, 2.45) is 10.9 Å². The fourth-order valence-corrected chi connectivity index (χ4v) is 1.86. The Morgan fingerprint density at radius 3 is 2.67 bits per heavy atom. The normalized spacial score (nSPS) is 11.2. The van der Waals surface area contributed by atoms with E-state index in [4.69, 9.17) is 15.7 Å². The maximum atomic E-state index is 10.9. The van der Waals surface area contributed by atoms with E-state index in [1.54, 1.807) is 37.3 Å². The number of hydrogen-bond acceptors (Lipinski definition) is 5. The number of amidine groups is 1. The second-order valence-electron chi connectivity index (χ2n) is 4.29. The van der Waals surface area contributed by atoms with Gasteiger partial charge in [-0.05, 0) is 36.8 Å². The fraction of sp³-hybridized carbons (Fsp3) is 0.0714. The molecule has 21 heavy (non-hydrogen) atoms. The summed E-state index contributed by atoms with van der Waals surface area (Å²) in [5, 5.41) is 22.5. The molecule has 2 aromatic carbocycles. The molecule has 2 rings (SSSR count). The van der Waals surface area contributed by atoms with Crippen molar-refractivity contribution < 1.29 is 14.9 Å². The predicted octanol–water partition coefficient (Wildman–Crippen LogP) is 2.79. The highest BCUT2D eigenvalue weighted by Gasteiger charge is 2.15. The molecule has 0 saturated heterocycles. The van der Waals surface area contributed by atoms with Gasteiger partial charge in [0.1, 0.15) is 5.75 Å². The van der Waals surface area contributed by atoms with Crippen LogP contribution in [0.15, 0.2) is 47.6 Å². The van der Waals surface area contributed by atoms with E-state index in [9.17, 15) is 10.1 Å². The SMILES string of the molecule is Cc1cc(Oc2ccccc2[N+](=O)[O-])ccc1/C(N)=N/O.